The number of nitrogens with two attached hydrogens (primary N) is 1. The van der Waals surface area contributed by atoms with Gasteiger partial charge in [-0.3, -0.25) is 9.97 Å². The number of aryl methyl sites for hydroxylation is 1. The average Bonchev–Trinajstić information content (AvgIpc) is 3.23. The second kappa shape index (κ2) is 9.75. The van der Waals surface area contributed by atoms with Gasteiger partial charge in [-0.1, -0.05) is 6.07 Å². The highest BCUT2D eigenvalue weighted by atomic mass is 19.3. The van der Waals surface area contributed by atoms with E-state index in [9.17, 15) is 13.9 Å². The van der Waals surface area contributed by atoms with E-state index in [1.807, 2.05) is 18.2 Å². The van der Waals surface area contributed by atoms with Crippen LogP contribution in [0.4, 0.5) is 8.78 Å². The maximum Gasteiger partial charge on any atom is 0.387 e. The van der Waals surface area contributed by atoms with Gasteiger partial charge in [0.25, 0.3) is 0 Å². The summed E-state index contributed by atoms with van der Waals surface area (Å²) >= 11 is 0. The zero-order valence-electron chi connectivity index (χ0n) is 17.2. The number of benzene rings is 1. The van der Waals surface area contributed by atoms with Crippen molar-refractivity contribution in [3.8, 4) is 22.8 Å². The first kappa shape index (κ1) is 21.7. The fourth-order valence-electron chi connectivity index (χ4n) is 3.42. The second-order valence-corrected chi connectivity index (χ2v) is 7.13. The van der Waals surface area contributed by atoms with Crippen LogP contribution in [0.25, 0.3) is 28.0 Å². The number of pyridine rings is 1. The van der Waals surface area contributed by atoms with E-state index in [0.29, 0.717) is 40.2 Å². The monoisotopic (exact) mass is 440 g/mol. The number of fused-ring (bicyclic) bond motifs is 1. The van der Waals surface area contributed by atoms with Gasteiger partial charge in [0.15, 0.2) is 5.82 Å². The Hall–Kier alpha value is -3.50. The van der Waals surface area contributed by atoms with Gasteiger partial charge in [0.05, 0.1) is 47.5 Å². The molecule has 0 spiro atoms. The third-order valence-electron chi connectivity index (χ3n) is 4.91. The first-order valence-corrected chi connectivity index (χ1v) is 10.1. The summed E-state index contributed by atoms with van der Waals surface area (Å²) in [4.78, 5) is 13.0. The largest absolute Gasteiger partial charge is 0.434 e. The van der Waals surface area contributed by atoms with Crippen molar-refractivity contribution in [1.29, 1.82) is 0 Å². The summed E-state index contributed by atoms with van der Waals surface area (Å²) in [7, 11) is 0. The minimum absolute atomic E-state index is 0.0136. The Morgan fingerprint density at radius 3 is 2.72 bits per heavy atom. The van der Waals surface area contributed by atoms with Crippen molar-refractivity contribution < 1.29 is 18.6 Å². The van der Waals surface area contributed by atoms with Crippen LogP contribution in [0.1, 0.15) is 24.2 Å². The highest BCUT2D eigenvalue weighted by Gasteiger charge is 2.17. The molecule has 0 aliphatic heterocycles. The lowest BCUT2D eigenvalue weighted by Crippen LogP contribution is -2.05. The van der Waals surface area contributed by atoms with E-state index in [0.717, 1.165) is 25.0 Å². The van der Waals surface area contributed by atoms with Crippen molar-refractivity contribution in [2.75, 3.05) is 6.54 Å². The summed E-state index contributed by atoms with van der Waals surface area (Å²) < 4.78 is 32.5. The molecule has 3 aromatic heterocycles. The molecular formula is C22H22F2N6O2. The summed E-state index contributed by atoms with van der Waals surface area (Å²) in [6.07, 6.45) is 6.93. The first-order chi connectivity index (χ1) is 15.6. The zero-order chi connectivity index (χ0) is 22.5. The summed E-state index contributed by atoms with van der Waals surface area (Å²) in [5, 5.41) is 14.0. The molecule has 0 amide bonds. The van der Waals surface area contributed by atoms with Gasteiger partial charge in [0.2, 0.25) is 0 Å². The van der Waals surface area contributed by atoms with Crippen LogP contribution in [-0.2, 0) is 13.0 Å². The molecular weight excluding hydrogens is 418 g/mol. The van der Waals surface area contributed by atoms with Gasteiger partial charge in [-0.2, -0.15) is 13.9 Å². The Balaban J connectivity index is 1.82. The molecule has 0 saturated carbocycles. The first-order valence-electron chi connectivity index (χ1n) is 10.1. The van der Waals surface area contributed by atoms with E-state index < -0.39 is 6.61 Å². The number of aromatic nitrogens is 5. The van der Waals surface area contributed by atoms with Crippen LogP contribution in [0.5, 0.6) is 5.75 Å². The molecule has 3 N–H and O–H groups in total. The smallest absolute Gasteiger partial charge is 0.387 e. The summed E-state index contributed by atoms with van der Waals surface area (Å²) in [6, 6.07) is 8.94. The topological polar surface area (TPSA) is 112 Å². The van der Waals surface area contributed by atoms with Crippen molar-refractivity contribution in [2.24, 2.45) is 5.73 Å². The number of aliphatic hydroxyl groups is 1. The van der Waals surface area contributed by atoms with E-state index in [1.54, 1.807) is 6.07 Å². The molecule has 0 bridgehead atoms. The zero-order valence-corrected chi connectivity index (χ0v) is 17.2. The lowest BCUT2D eigenvalue weighted by atomic mass is 10.1. The Labute approximate surface area is 182 Å². The van der Waals surface area contributed by atoms with E-state index in [4.69, 9.17) is 10.5 Å². The second-order valence-electron chi connectivity index (χ2n) is 7.13. The number of unbranched alkanes of at least 4 members (excludes halogenated alkanes) is 1. The minimum atomic E-state index is -3.00. The standard InChI is InChI=1S/C22H22F2N6O2/c23-22(24)32-20-9-14(18-6-3-5-15(28-18)4-1-2-7-25)8-19-17(20)11-27-30(19)21-12-26-10-16(13-31)29-21/h3,5-6,8-12,22,31H,1-2,4,7,13,25H2. The van der Waals surface area contributed by atoms with Gasteiger partial charge in [-0.15, -0.1) is 0 Å². The molecule has 0 fully saturated rings. The average molecular weight is 440 g/mol. The third-order valence-corrected chi connectivity index (χ3v) is 4.91. The number of nitrogens with zero attached hydrogens (tertiary/aromatic N) is 5. The predicted molar refractivity (Wildman–Crippen MR) is 114 cm³/mol. The molecule has 166 valence electrons. The van der Waals surface area contributed by atoms with Crippen molar-refractivity contribution in [3.63, 3.8) is 0 Å². The Morgan fingerprint density at radius 2 is 1.94 bits per heavy atom. The Morgan fingerprint density at radius 1 is 1.06 bits per heavy atom. The van der Waals surface area contributed by atoms with Crippen LogP contribution in [0.3, 0.4) is 0 Å². The maximum absolute atomic E-state index is 13.1. The molecule has 0 saturated heterocycles. The molecule has 0 unspecified atom stereocenters. The molecule has 0 atom stereocenters. The molecule has 4 rings (SSSR count). The molecule has 0 radical (unpaired) electrons. The van der Waals surface area contributed by atoms with Gasteiger partial charge < -0.3 is 15.6 Å². The molecule has 4 aromatic rings. The van der Waals surface area contributed by atoms with Gasteiger partial charge in [-0.25, -0.2) is 9.67 Å². The van der Waals surface area contributed by atoms with Crippen LogP contribution < -0.4 is 10.5 Å². The highest BCUT2D eigenvalue weighted by Crippen LogP contribution is 2.34. The van der Waals surface area contributed by atoms with Crippen molar-refractivity contribution >= 4 is 10.9 Å². The molecule has 0 aliphatic carbocycles. The maximum atomic E-state index is 13.1. The molecule has 10 heteroatoms. The van der Waals surface area contributed by atoms with E-state index in [1.165, 1.54) is 29.3 Å². The van der Waals surface area contributed by atoms with Gasteiger partial charge >= 0.3 is 6.61 Å². The van der Waals surface area contributed by atoms with Crippen molar-refractivity contribution in [2.45, 2.75) is 32.5 Å². The lowest BCUT2D eigenvalue weighted by Gasteiger charge is -2.11. The van der Waals surface area contributed by atoms with Gasteiger partial charge in [-0.05, 0) is 50.1 Å². The van der Waals surface area contributed by atoms with Crippen LogP contribution in [0, 0.1) is 0 Å². The number of alkyl halides is 2. The number of halogens is 2. The Bertz CT molecular complexity index is 1210. The lowest BCUT2D eigenvalue weighted by molar-refractivity contribution is -0.0487. The van der Waals surface area contributed by atoms with E-state index in [-0.39, 0.29) is 12.4 Å². The highest BCUT2D eigenvalue weighted by molar-refractivity contribution is 5.90. The number of aliphatic hydroxyl groups excluding tert-OH is 1. The van der Waals surface area contributed by atoms with Crippen LogP contribution in [0.15, 0.2) is 48.9 Å². The molecule has 3 heterocycles. The van der Waals surface area contributed by atoms with Gasteiger partial charge in [0, 0.05) is 11.3 Å². The number of ether oxygens (including phenoxy) is 1. The fourth-order valence-corrected chi connectivity index (χ4v) is 3.42. The van der Waals surface area contributed by atoms with Crippen LogP contribution >= 0.6 is 0 Å². The van der Waals surface area contributed by atoms with Crippen molar-refractivity contribution in [1.82, 2.24) is 24.7 Å². The normalized spacial score (nSPS) is 11.4. The van der Waals surface area contributed by atoms with Crippen LogP contribution in [-0.4, -0.2) is 43.0 Å². The summed E-state index contributed by atoms with van der Waals surface area (Å²) in [6.45, 7) is -2.66. The molecule has 0 aliphatic rings. The van der Waals surface area contributed by atoms with E-state index >= 15 is 0 Å². The SMILES string of the molecule is NCCCCc1cccc(-c2cc(OC(F)F)c3cnn(-c4cncc(CO)n4)c3c2)n1. The van der Waals surface area contributed by atoms with Crippen molar-refractivity contribution in [3.05, 3.63) is 60.3 Å². The van der Waals surface area contributed by atoms with Gasteiger partial charge in [0.1, 0.15) is 5.75 Å². The Kier molecular flexibility index (Phi) is 6.62. The number of rotatable bonds is 9. The minimum Gasteiger partial charge on any atom is -0.434 e. The van der Waals surface area contributed by atoms with Crippen LogP contribution in [0.2, 0.25) is 0 Å². The molecule has 1 aromatic carbocycles. The summed E-state index contributed by atoms with van der Waals surface area (Å²) in [5.74, 6) is 0.329. The third kappa shape index (κ3) is 4.71. The number of hydrogen-bond donors (Lipinski definition) is 2. The summed E-state index contributed by atoms with van der Waals surface area (Å²) in [5.41, 5.74) is 8.54. The number of hydrogen-bond acceptors (Lipinski definition) is 7. The quantitative estimate of drug-likeness (QED) is 0.384. The molecule has 32 heavy (non-hydrogen) atoms. The predicted octanol–water partition coefficient (Wildman–Crippen LogP) is 3.25. The van der Waals surface area contributed by atoms with E-state index in [2.05, 4.69) is 20.1 Å². The fraction of sp³-hybridized carbons (Fsp3) is 0.273. The molecule has 8 nitrogen and oxygen atoms in total.